The number of esters is 1. The molecule has 0 saturated carbocycles. The highest BCUT2D eigenvalue weighted by atomic mass is 16.5. The molecular weight excluding hydrogens is 310 g/mol. The van der Waals surface area contributed by atoms with E-state index >= 15 is 0 Å². The predicted molar refractivity (Wildman–Crippen MR) is 85.3 cm³/mol. The van der Waals surface area contributed by atoms with Gasteiger partial charge >= 0.3 is 5.97 Å². The lowest BCUT2D eigenvalue weighted by molar-refractivity contribution is -0.129. The molecule has 2 heterocycles. The highest BCUT2D eigenvalue weighted by molar-refractivity contribution is 5.89. The van der Waals surface area contributed by atoms with Crippen molar-refractivity contribution in [2.45, 2.75) is 25.7 Å². The van der Waals surface area contributed by atoms with Crippen molar-refractivity contribution in [2.75, 3.05) is 20.2 Å². The first-order valence-corrected chi connectivity index (χ1v) is 7.86. The van der Waals surface area contributed by atoms with Crippen LogP contribution in [0.4, 0.5) is 0 Å². The van der Waals surface area contributed by atoms with Crippen molar-refractivity contribution in [3.05, 3.63) is 35.7 Å². The monoisotopic (exact) mass is 329 g/mol. The maximum absolute atomic E-state index is 11.4. The van der Waals surface area contributed by atoms with E-state index in [9.17, 15) is 9.59 Å². The van der Waals surface area contributed by atoms with Gasteiger partial charge in [0.05, 0.1) is 12.7 Å². The lowest BCUT2D eigenvalue weighted by atomic mass is 9.97. The fraction of sp³-hybridized carbons (Fsp3) is 0.412. The summed E-state index contributed by atoms with van der Waals surface area (Å²) in [5.41, 5.74) is 1.25. The molecule has 1 amide bonds. The smallest absolute Gasteiger partial charge is 0.337 e. The van der Waals surface area contributed by atoms with E-state index in [4.69, 9.17) is 4.52 Å². The minimum Gasteiger partial charge on any atom is -0.465 e. The van der Waals surface area contributed by atoms with Crippen LogP contribution >= 0.6 is 0 Å². The number of benzene rings is 1. The molecule has 0 bridgehead atoms. The van der Waals surface area contributed by atoms with Gasteiger partial charge in [0.15, 0.2) is 0 Å². The van der Waals surface area contributed by atoms with Crippen LogP contribution in [0.15, 0.2) is 28.8 Å². The lowest BCUT2D eigenvalue weighted by Crippen LogP contribution is -2.36. The minimum absolute atomic E-state index is 0.102. The van der Waals surface area contributed by atoms with E-state index in [1.54, 1.807) is 31.2 Å². The van der Waals surface area contributed by atoms with Gasteiger partial charge in [-0.3, -0.25) is 4.79 Å². The first-order chi connectivity index (χ1) is 11.6. The van der Waals surface area contributed by atoms with Gasteiger partial charge in [0.1, 0.15) is 0 Å². The van der Waals surface area contributed by atoms with E-state index in [0.29, 0.717) is 30.4 Å². The summed E-state index contributed by atoms with van der Waals surface area (Å²) in [7, 11) is 1.35. The largest absolute Gasteiger partial charge is 0.465 e. The second-order valence-electron chi connectivity index (χ2n) is 5.81. The van der Waals surface area contributed by atoms with E-state index in [0.717, 1.165) is 18.4 Å². The Morgan fingerprint density at radius 2 is 1.88 bits per heavy atom. The molecule has 0 atom stereocenters. The second-order valence-corrected chi connectivity index (χ2v) is 5.81. The molecule has 24 heavy (non-hydrogen) atoms. The van der Waals surface area contributed by atoms with Crippen molar-refractivity contribution in [1.29, 1.82) is 0 Å². The summed E-state index contributed by atoms with van der Waals surface area (Å²) >= 11 is 0. The zero-order valence-electron chi connectivity index (χ0n) is 13.7. The van der Waals surface area contributed by atoms with E-state index in [1.165, 1.54) is 7.11 Å². The van der Waals surface area contributed by atoms with Crippen LogP contribution in [0.25, 0.3) is 11.4 Å². The van der Waals surface area contributed by atoms with Crippen molar-refractivity contribution >= 4 is 11.9 Å². The summed E-state index contributed by atoms with van der Waals surface area (Å²) in [4.78, 5) is 29.1. The Balaban J connectivity index is 1.70. The third kappa shape index (κ3) is 3.29. The number of carbonyl (C=O) groups excluding carboxylic acids is 2. The molecule has 7 heteroatoms. The Labute approximate surface area is 139 Å². The van der Waals surface area contributed by atoms with Crippen molar-refractivity contribution < 1.29 is 18.8 Å². The van der Waals surface area contributed by atoms with Crippen LogP contribution in [0.2, 0.25) is 0 Å². The first-order valence-electron chi connectivity index (χ1n) is 7.86. The summed E-state index contributed by atoms with van der Waals surface area (Å²) in [6, 6.07) is 6.86. The number of methoxy groups -OCH3 is 1. The predicted octanol–water partition coefficient (Wildman–Crippen LogP) is 2.25. The zero-order chi connectivity index (χ0) is 17.1. The van der Waals surface area contributed by atoms with Crippen LogP contribution in [0.1, 0.15) is 41.9 Å². The molecule has 1 fully saturated rings. The number of piperidine rings is 1. The van der Waals surface area contributed by atoms with E-state index in [1.807, 2.05) is 4.90 Å². The van der Waals surface area contributed by atoms with Gasteiger partial charge in [0, 0.05) is 31.5 Å². The van der Waals surface area contributed by atoms with Gasteiger partial charge in [-0.15, -0.1) is 0 Å². The number of likely N-dealkylation sites (tertiary alicyclic amines) is 1. The van der Waals surface area contributed by atoms with Crippen LogP contribution in [0.3, 0.4) is 0 Å². The first kappa shape index (κ1) is 16.2. The topological polar surface area (TPSA) is 85.5 Å². The Kier molecular flexibility index (Phi) is 4.59. The van der Waals surface area contributed by atoms with Crippen molar-refractivity contribution in [1.82, 2.24) is 15.0 Å². The van der Waals surface area contributed by atoms with Crippen LogP contribution in [-0.4, -0.2) is 47.1 Å². The number of nitrogens with zero attached hydrogens (tertiary/aromatic N) is 3. The maximum atomic E-state index is 11.4. The number of ether oxygens (including phenoxy) is 1. The summed E-state index contributed by atoms with van der Waals surface area (Å²) < 4.78 is 10.1. The molecule has 3 rings (SSSR count). The van der Waals surface area contributed by atoms with Crippen molar-refractivity contribution in [3.8, 4) is 11.4 Å². The Hall–Kier alpha value is -2.70. The molecular formula is C17H19N3O4. The molecule has 0 aliphatic carbocycles. The Morgan fingerprint density at radius 1 is 1.21 bits per heavy atom. The van der Waals surface area contributed by atoms with Crippen molar-refractivity contribution in [2.24, 2.45) is 0 Å². The van der Waals surface area contributed by atoms with Gasteiger partial charge in [0.25, 0.3) is 0 Å². The average molecular weight is 329 g/mol. The quantitative estimate of drug-likeness (QED) is 0.803. The highest BCUT2D eigenvalue weighted by Crippen LogP contribution is 2.28. The van der Waals surface area contributed by atoms with E-state index in [-0.39, 0.29) is 17.8 Å². The number of hydrogen-bond donors (Lipinski definition) is 0. The number of rotatable bonds is 3. The molecule has 0 unspecified atom stereocenters. The SMILES string of the molecule is COC(=O)c1ccc(-c2noc(C3CCN(C(C)=O)CC3)n2)cc1. The Bertz CT molecular complexity index is 731. The molecule has 2 aromatic rings. The number of carbonyl (C=O) groups is 2. The Morgan fingerprint density at radius 3 is 2.46 bits per heavy atom. The number of amides is 1. The standard InChI is InChI=1S/C17H19N3O4/c1-11(21)20-9-7-13(8-10-20)16-18-15(19-24-16)12-3-5-14(6-4-12)17(22)23-2/h3-6,13H,7-10H2,1-2H3. The molecule has 0 N–H and O–H groups in total. The van der Waals surface area contributed by atoms with Gasteiger partial charge in [-0.2, -0.15) is 4.98 Å². The summed E-state index contributed by atoms with van der Waals surface area (Å²) in [5.74, 6) is 0.995. The molecule has 1 aromatic heterocycles. The minimum atomic E-state index is -0.382. The molecule has 7 nitrogen and oxygen atoms in total. The third-order valence-corrected chi connectivity index (χ3v) is 4.30. The average Bonchev–Trinajstić information content (AvgIpc) is 3.11. The molecule has 1 aliphatic rings. The van der Waals surface area contributed by atoms with Gasteiger partial charge in [-0.05, 0) is 25.0 Å². The summed E-state index contributed by atoms with van der Waals surface area (Å²) in [5, 5.41) is 4.03. The number of aromatic nitrogens is 2. The molecule has 126 valence electrons. The van der Waals surface area contributed by atoms with Gasteiger partial charge < -0.3 is 14.2 Å². The van der Waals surface area contributed by atoms with Crippen LogP contribution in [0.5, 0.6) is 0 Å². The van der Waals surface area contributed by atoms with Crippen LogP contribution < -0.4 is 0 Å². The molecule has 1 aromatic carbocycles. The number of hydrogen-bond acceptors (Lipinski definition) is 6. The lowest BCUT2D eigenvalue weighted by Gasteiger charge is -2.29. The van der Waals surface area contributed by atoms with Crippen LogP contribution in [0, 0.1) is 0 Å². The van der Waals surface area contributed by atoms with Gasteiger partial charge in [-0.25, -0.2) is 4.79 Å². The van der Waals surface area contributed by atoms with E-state index in [2.05, 4.69) is 14.9 Å². The molecule has 0 radical (unpaired) electrons. The summed E-state index contributed by atoms with van der Waals surface area (Å²) in [6.45, 7) is 3.01. The fourth-order valence-corrected chi connectivity index (χ4v) is 2.83. The fourth-order valence-electron chi connectivity index (χ4n) is 2.83. The molecule has 1 aliphatic heterocycles. The zero-order valence-corrected chi connectivity index (χ0v) is 13.7. The van der Waals surface area contributed by atoms with Crippen LogP contribution in [-0.2, 0) is 9.53 Å². The van der Waals surface area contributed by atoms with Gasteiger partial charge in [0.2, 0.25) is 17.6 Å². The highest BCUT2D eigenvalue weighted by Gasteiger charge is 2.26. The summed E-state index contributed by atoms with van der Waals surface area (Å²) in [6.07, 6.45) is 1.64. The van der Waals surface area contributed by atoms with Crippen molar-refractivity contribution in [3.63, 3.8) is 0 Å². The van der Waals surface area contributed by atoms with Gasteiger partial charge in [-0.1, -0.05) is 17.3 Å². The molecule has 1 saturated heterocycles. The normalized spacial score (nSPS) is 15.3. The second kappa shape index (κ2) is 6.82. The van der Waals surface area contributed by atoms with E-state index < -0.39 is 0 Å². The molecule has 0 spiro atoms. The maximum Gasteiger partial charge on any atom is 0.337 e. The third-order valence-electron chi connectivity index (χ3n) is 4.30.